The monoisotopic (exact) mass is 270 g/mol. The molecule has 6 heteroatoms. The Labute approximate surface area is 112 Å². The van der Waals surface area contributed by atoms with Crippen molar-refractivity contribution in [1.82, 2.24) is 0 Å². The van der Waals surface area contributed by atoms with Crippen LogP contribution in [0, 0.1) is 11.2 Å². The number of nitrogens with one attached hydrogen (secondary N) is 1. The summed E-state index contributed by atoms with van der Waals surface area (Å²) in [6, 6.07) is 4.22. The first-order valence-electron chi connectivity index (χ1n) is 5.91. The molecule has 0 aliphatic heterocycles. The highest BCUT2D eigenvalue weighted by atomic mass is 19.1. The molecule has 3 N–H and O–H groups in total. The van der Waals surface area contributed by atoms with Gasteiger partial charge in [-0.2, -0.15) is 0 Å². The fourth-order valence-electron chi connectivity index (χ4n) is 1.44. The van der Waals surface area contributed by atoms with Crippen LogP contribution in [-0.2, 0) is 20.8 Å². The Morgan fingerprint density at radius 2 is 1.84 bits per heavy atom. The van der Waals surface area contributed by atoms with Crippen LogP contribution in [0.25, 0.3) is 0 Å². The van der Waals surface area contributed by atoms with Crippen molar-refractivity contribution in [3.8, 4) is 0 Å². The van der Waals surface area contributed by atoms with Gasteiger partial charge in [0.05, 0.1) is 33.0 Å². The predicted octanol–water partition coefficient (Wildman–Crippen LogP) is 1.29. The van der Waals surface area contributed by atoms with E-state index in [1.165, 1.54) is 12.1 Å². The van der Waals surface area contributed by atoms with E-state index in [9.17, 15) is 4.39 Å². The number of nitrogen functional groups attached to an aromatic ring is 1. The van der Waals surface area contributed by atoms with Crippen LogP contribution < -0.4 is 5.73 Å². The molecule has 0 atom stereocenters. The summed E-state index contributed by atoms with van der Waals surface area (Å²) in [5.74, 6) is -0.591. The van der Waals surface area contributed by atoms with E-state index in [0.717, 1.165) is 0 Å². The standard InChI is InChI=1S/C13H19FN2O3/c1-17-2-3-18-4-5-19-9-10-6-11(13(15)16)8-12(14)7-10/h6-8H,2-5,9H2,1H3,(H3,15,16). The molecule has 106 valence electrons. The van der Waals surface area contributed by atoms with Gasteiger partial charge in [0.2, 0.25) is 0 Å². The van der Waals surface area contributed by atoms with Crippen molar-refractivity contribution >= 4 is 5.84 Å². The van der Waals surface area contributed by atoms with Gasteiger partial charge in [0, 0.05) is 12.7 Å². The number of benzene rings is 1. The molecule has 0 aromatic heterocycles. The molecule has 0 saturated heterocycles. The van der Waals surface area contributed by atoms with Gasteiger partial charge in [0.15, 0.2) is 0 Å². The number of hydrogen-bond donors (Lipinski definition) is 2. The Bertz CT molecular complexity index is 413. The van der Waals surface area contributed by atoms with E-state index in [1.807, 2.05) is 0 Å². The van der Waals surface area contributed by atoms with Crippen LogP contribution in [0.5, 0.6) is 0 Å². The molecule has 0 fully saturated rings. The fourth-order valence-corrected chi connectivity index (χ4v) is 1.44. The van der Waals surface area contributed by atoms with Gasteiger partial charge in [0.25, 0.3) is 0 Å². The van der Waals surface area contributed by atoms with Gasteiger partial charge in [-0.1, -0.05) is 0 Å². The first-order valence-corrected chi connectivity index (χ1v) is 5.91. The van der Waals surface area contributed by atoms with E-state index in [4.69, 9.17) is 25.4 Å². The quantitative estimate of drug-likeness (QED) is 0.402. The third-order valence-corrected chi connectivity index (χ3v) is 2.34. The second-order valence-electron chi connectivity index (χ2n) is 3.92. The number of halogens is 1. The summed E-state index contributed by atoms with van der Waals surface area (Å²) in [4.78, 5) is 0. The zero-order chi connectivity index (χ0) is 14.1. The molecule has 0 radical (unpaired) electrons. The van der Waals surface area contributed by atoms with Crippen LogP contribution in [-0.4, -0.2) is 39.4 Å². The molecule has 0 bridgehead atoms. The molecule has 19 heavy (non-hydrogen) atoms. The van der Waals surface area contributed by atoms with Crippen molar-refractivity contribution in [3.63, 3.8) is 0 Å². The van der Waals surface area contributed by atoms with Crippen LogP contribution in [0.4, 0.5) is 4.39 Å². The molecule has 0 heterocycles. The maximum atomic E-state index is 13.3. The summed E-state index contributed by atoms with van der Waals surface area (Å²) in [6.45, 7) is 2.19. The molecule has 0 unspecified atom stereocenters. The van der Waals surface area contributed by atoms with Gasteiger partial charge >= 0.3 is 0 Å². The summed E-state index contributed by atoms with van der Waals surface area (Å²) < 4.78 is 28.6. The number of methoxy groups -OCH3 is 1. The van der Waals surface area contributed by atoms with Crippen molar-refractivity contribution in [2.45, 2.75) is 6.61 Å². The van der Waals surface area contributed by atoms with Crippen molar-refractivity contribution in [3.05, 3.63) is 35.1 Å². The van der Waals surface area contributed by atoms with Gasteiger partial charge < -0.3 is 19.9 Å². The topological polar surface area (TPSA) is 77.6 Å². The minimum atomic E-state index is -0.428. The highest BCUT2D eigenvalue weighted by molar-refractivity contribution is 5.95. The largest absolute Gasteiger partial charge is 0.384 e. The third kappa shape index (κ3) is 6.28. The van der Waals surface area contributed by atoms with Crippen LogP contribution in [0.3, 0.4) is 0 Å². The minimum Gasteiger partial charge on any atom is -0.384 e. The number of rotatable bonds is 9. The van der Waals surface area contributed by atoms with Gasteiger partial charge in [-0.15, -0.1) is 0 Å². The SMILES string of the molecule is COCCOCCOCc1cc(F)cc(C(=N)N)c1. The normalized spacial score (nSPS) is 10.6. The fraction of sp³-hybridized carbons (Fsp3) is 0.462. The predicted molar refractivity (Wildman–Crippen MR) is 69.8 cm³/mol. The summed E-state index contributed by atoms with van der Waals surface area (Å²) in [5, 5.41) is 7.27. The maximum absolute atomic E-state index is 13.3. The summed E-state index contributed by atoms with van der Waals surface area (Å²) in [5.41, 5.74) is 6.32. The molecule has 0 spiro atoms. The lowest BCUT2D eigenvalue weighted by atomic mass is 10.1. The zero-order valence-corrected chi connectivity index (χ0v) is 10.9. The number of nitrogens with two attached hydrogens (primary N) is 1. The molecule has 5 nitrogen and oxygen atoms in total. The number of ether oxygens (including phenoxy) is 3. The summed E-state index contributed by atoms with van der Waals surface area (Å²) in [7, 11) is 1.61. The van der Waals surface area contributed by atoms with E-state index in [2.05, 4.69) is 0 Å². The first kappa shape index (κ1) is 15.6. The molecule has 0 aliphatic rings. The second kappa shape index (κ2) is 8.58. The molecule has 1 aromatic rings. The van der Waals surface area contributed by atoms with Gasteiger partial charge in [-0.05, 0) is 23.8 Å². The smallest absolute Gasteiger partial charge is 0.124 e. The molecule has 1 rings (SSSR count). The van der Waals surface area contributed by atoms with Crippen LogP contribution in [0.2, 0.25) is 0 Å². The van der Waals surface area contributed by atoms with Crippen molar-refractivity contribution in [1.29, 1.82) is 5.41 Å². The Morgan fingerprint density at radius 1 is 1.16 bits per heavy atom. The molecular weight excluding hydrogens is 251 g/mol. The lowest BCUT2D eigenvalue weighted by molar-refractivity contribution is 0.0199. The second-order valence-corrected chi connectivity index (χ2v) is 3.92. The first-order chi connectivity index (χ1) is 9.13. The average Bonchev–Trinajstić information content (AvgIpc) is 2.37. The summed E-state index contributed by atoms with van der Waals surface area (Å²) in [6.07, 6.45) is 0. The van der Waals surface area contributed by atoms with Crippen LogP contribution in [0.1, 0.15) is 11.1 Å². The zero-order valence-electron chi connectivity index (χ0n) is 10.9. The highest BCUT2D eigenvalue weighted by Gasteiger charge is 2.03. The van der Waals surface area contributed by atoms with E-state index < -0.39 is 5.82 Å². The average molecular weight is 270 g/mol. The Balaban J connectivity index is 2.31. The molecule has 1 aromatic carbocycles. The van der Waals surface area contributed by atoms with Crippen molar-refractivity contribution in [2.75, 3.05) is 33.5 Å². The van der Waals surface area contributed by atoms with E-state index in [1.54, 1.807) is 13.2 Å². The number of amidine groups is 1. The van der Waals surface area contributed by atoms with Gasteiger partial charge in [0.1, 0.15) is 11.7 Å². The number of hydrogen-bond acceptors (Lipinski definition) is 4. The lowest BCUT2D eigenvalue weighted by Gasteiger charge is -2.07. The Hall–Kier alpha value is -1.50. The highest BCUT2D eigenvalue weighted by Crippen LogP contribution is 2.10. The van der Waals surface area contributed by atoms with Gasteiger partial charge in [-0.25, -0.2) is 4.39 Å². The van der Waals surface area contributed by atoms with E-state index in [0.29, 0.717) is 37.6 Å². The Kier molecular flexibility index (Phi) is 7.02. The summed E-state index contributed by atoms with van der Waals surface area (Å²) >= 11 is 0. The molecule has 0 saturated carbocycles. The van der Waals surface area contributed by atoms with Gasteiger partial charge in [-0.3, -0.25) is 5.41 Å². The van der Waals surface area contributed by atoms with Crippen molar-refractivity contribution < 1.29 is 18.6 Å². The lowest BCUT2D eigenvalue weighted by Crippen LogP contribution is -2.12. The molecule has 0 amide bonds. The van der Waals surface area contributed by atoms with Crippen molar-refractivity contribution in [2.24, 2.45) is 5.73 Å². The van der Waals surface area contributed by atoms with E-state index in [-0.39, 0.29) is 12.4 Å². The van der Waals surface area contributed by atoms with Crippen LogP contribution in [0.15, 0.2) is 18.2 Å². The maximum Gasteiger partial charge on any atom is 0.124 e. The Morgan fingerprint density at radius 3 is 2.53 bits per heavy atom. The minimum absolute atomic E-state index is 0.163. The molecular formula is C13H19FN2O3. The van der Waals surface area contributed by atoms with E-state index >= 15 is 0 Å². The molecule has 0 aliphatic carbocycles. The third-order valence-electron chi connectivity index (χ3n) is 2.34. The van der Waals surface area contributed by atoms with Crippen LogP contribution >= 0.6 is 0 Å².